The van der Waals surface area contributed by atoms with Gasteiger partial charge >= 0.3 is 0 Å². The van der Waals surface area contributed by atoms with Crippen LogP contribution in [0.5, 0.6) is 0 Å². The van der Waals surface area contributed by atoms with Gasteiger partial charge in [-0.05, 0) is 37.6 Å². The molecule has 0 saturated heterocycles. The van der Waals surface area contributed by atoms with E-state index in [-0.39, 0.29) is 5.91 Å². The second-order valence-electron chi connectivity index (χ2n) is 7.41. The summed E-state index contributed by atoms with van der Waals surface area (Å²) in [4.78, 5) is 26.0. The Kier molecular flexibility index (Phi) is 4.91. The summed E-state index contributed by atoms with van der Waals surface area (Å²) in [6.07, 6.45) is 4.68. The van der Waals surface area contributed by atoms with Crippen LogP contribution >= 0.6 is 0 Å². The number of hydrogen-bond donors (Lipinski definition) is 1. The van der Waals surface area contributed by atoms with Crippen molar-refractivity contribution in [3.05, 3.63) is 83.7 Å². The molecule has 1 aromatic carbocycles. The van der Waals surface area contributed by atoms with E-state index in [1.165, 1.54) is 6.33 Å². The molecule has 0 atom stereocenters. The minimum absolute atomic E-state index is 0.240. The molecular formula is C23H19N7O2. The molecule has 0 bridgehead atoms. The first kappa shape index (κ1) is 19.6. The lowest BCUT2D eigenvalue weighted by Crippen LogP contribution is -2.23. The molecule has 32 heavy (non-hydrogen) atoms. The van der Waals surface area contributed by atoms with Crippen LogP contribution in [0.2, 0.25) is 0 Å². The molecule has 0 fully saturated rings. The van der Waals surface area contributed by atoms with Gasteiger partial charge in [0.15, 0.2) is 5.82 Å². The molecule has 158 valence electrons. The van der Waals surface area contributed by atoms with Crippen LogP contribution in [0.4, 0.5) is 0 Å². The number of fused-ring (bicyclic) bond motifs is 1. The van der Waals surface area contributed by atoms with E-state index < -0.39 is 0 Å². The number of aryl methyl sites for hydroxylation is 2. The highest BCUT2D eigenvalue weighted by atomic mass is 16.5. The van der Waals surface area contributed by atoms with Gasteiger partial charge in [-0.15, -0.1) is 0 Å². The number of pyridine rings is 2. The first-order valence-electron chi connectivity index (χ1n) is 10.0. The van der Waals surface area contributed by atoms with Crippen LogP contribution in [-0.2, 0) is 6.54 Å². The largest absolute Gasteiger partial charge is 0.348 e. The zero-order chi connectivity index (χ0) is 22.1. The molecular weight excluding hydrogens is 406 g/mol. The lowest BCUT2D eigenvalue weighted by Gasteiger charge is -2.09. The summed E-state index contributed by atoms with van der Waals surface area (Å²) < 4.78 is 6.94. The maximum atomic E-state index is 13.2. The zero-order valence-electron chi connectivity index (χ0n) is 17.5. The third-order valence-corrected chi connectivity index (χ3v) is 5.13. The van der Waals surface area contributed by atoms with Gasteiger partial charge in [-0.25, -0.2) is 19.6 Å². The monoisotopic (exact) mass is 425 g/mol. The summed E-state index contributed by atoms with van der Waals surface area (Å²) in [5.74, 6) is 0.383. The van der Waals surface area contributed by atoms with Crippen molar-refractivity contribution >= 4 is 17.0 Å². The quantitative estimate of drug-likeness (QED) is 0.459. The van der Waals surface area contributed by atoms with Crippen molar-refractivity contribution in [2.24, 2.45) is 0 Å². The fourth-order valence-corrected chi connectivity index (χ4v) is 3.45. The summed E-state index contributed by atoms with van der Waals surface area (Å²) in [6, 6.07) is 13.4. The second kappa shape index (κ2) is 8.03. The SMILES string of the molecule is Cc1ccc(-c2cc(C(=O)NCc3ccnc(-n4cncn4)c3)c3c(C)noc3n2)cc1. The molecule has 9 nitrogen and oxygen atoms in total. The minimum Gasteiger partial charge on any atom is -0.348 e. The Morgan fingerprint density at radius 1 is 1.12 bits per heavy atom. The van der Waals surface area contributed by atoms with Crippen molar-refractivity contribution in [1.29, 1.82) is 0 Å². The lowest BCUT2D eigenvalue weighted by atomic mass is 10.0. The highest BCUT2D eigenvalue weighted by Crippen LogP contribution is 2.27. The first-order chi connectivity index (χ1) is 15.6. The van der Waals surface area contributed by atoms with Crippen LogP contribution in [-0.4, -0.2) is 35.8 Å². The molecule has 4 heterocycles. The molecule has 0 unspecified atom stereocenters. The summed E-state index contributed by atoms with van der Waals surface area (Å²) in [5.41, 5.74) is 4.99. The average molecular weight is 425 g/mol. The Balaban J connectivity index is 1.45. The number of hydrogen-bond acceptors (Lipinski definition) is 7. The summed E-state index contributed by atoms with van der Waals surface area (Å²) in [7, 11) is 0. The fraction of sp³-hybridized carbons (Fsp3) is 0.130. The van der Waals surface area contributed by atoms with Gasteiger partial charge in [0.2, 0.25) is 0 Å². The molecule has 0 radical (unpaired) electrons. The molecule has 5 rings (SSSR count). The van der Waals surface area contributed by atoms with E-state index in [4.69, 9.17) is 4.52 Å². The van der Waals surface area contributed by atoms with Crippen molar-refractivity contribution in [3.63, 3.8) is 0 Å². The molecule has 0 saturated carbocycles. The summed E-state index contributed by atoms with van der Waals surface area (Å²) in [6.45, 7) is 4.13. The normalized spacial score (nSPS) is 11.1. The Hall–Kier alpha value is -4.40. The van der Waals surface area contributed by atoms with Crippen LogP contribution in [0.1, 0.15) is 27.2 Å². The maximum absolute atomic E-state index is 13.2. The van der Waals surface area contributed by atoms with Crippen molar-refractivity contribution in [3.8, 4) is 17.1 Å². The smallest absolute Gasteiger partial charge is 0.259 e. The van der Waals surface area contributed by atoms with Crippen LogP contribution in [0, 0.1) is 13.8 Å². The van der Waals surface area contributed by atoms with Crippen molar-refractivity contribution < 1.29 is 9.32 Å². The Bertz CT molecular complexity index is 1410. The number of carbonyl (C=O) groups excluding carboxylic acids is 1. The molecule has 0 aliphatic heterocycles. The van der Waals surface area contributed by atoms with Gasteiger partial charge in [0.1, 0.15) is 12.7 Å². The van der Waals surface area contributed by atoms with Gasteiger partial charge in [-0.2, -0.15) is 5.10 Å². The highest BCUT2D eigenvalue weighted by Gasteiger charge is 2.19. The molecule has 0 aliphatic rings. The van der Waals surface area contributed by atoms with Crippen LogP contribution in [0.25, 0.3) is 28.2 Å². The topological polar surface area (TPSA) is 112 Å². The average Bonchev–Trinajstić information content (AvgIpc) is 3.48. The Labute approximate surface area is 183 Å². The molecule has 1 N–H and O–H groups in total. The Morgan fingerprint density at radius 3 is 2.75 bits per heavy atom. The third kappa shape index (κ3) is 3.71. The predicted octanol–water partition coefficient (Wildman–Crippen LogP) is 3.41. The van der Waals surface area contributed by atoms with Crippen LogP contribution in [0.15, 0.2) is 65.8 Å². The number of nitrogens with one attached hydrogen (secondary N) is 1. The first-order valence-corrected chi connectivity index (χ1v) is 10.0. The number of amides is 1. The van der Waals surface area contributed by atoms with E-state index in [0.717, 1.165) is 16.7 Å². The second-order valence-corrected chi connectivity index (χ2v) is 7.41. The van der Waals surface area contributed by atoms with Crippen molar-refractivity contribution in [1.82, 2.24) is 35.2 Å². The Morgan fingerprint density at radius 2 is 1.97 bits per heavy atom. The van der Waals surface area contributed by atoms with Crippen molar-refractivity contribution in [2.45, 2.75) is 20.4 Å². The fourth-order valence-electron chi connectivity index (χ4n) is 3.45. The van der Waals surface area contributed by atoms with Gasteiger partial charge in [0.05, 0.1) is 22.3 Å². The molecule has 1 amide bonds. The zero-order valence-corrected chi connectivity index (χ0v) is 17.5. The molecule has 0 spiro atoms. The van der Waals surface area contributed by atoms with Gasteiger partial charge in [0.25, 0.3) is 11.6 Å². The van der Waals surface area contributed by atoms with Crippen molar-refractivity contribution in [2.75, 3.05) is 0 Å². The lowest BCUT2D eigenvalue weighted by molar-refractivity contribution is 0.0952. The number of aromatic nitrogens is 6. The summed E-state index contributed by atoms with van der Waals surface area (Å²) in [5, 5.41) is 11.7. The standard InChI is InChI=1S/C23H19N7O2/c1-14-3-5-17(6-4-14)19-10-18(21-15(2)29-32-23(21)28-19)22(31)26-11-16-7-8-25-20(9-16)30-13-24-12-27-30/h3-10,12-13H,11H2,1-2H3,(H,26,31). The van der Waals surface area contributed by atoms with Crippen LogP contribution in [0.3, 0.4) is 0 Å². The van der Waals surface area contributed by atoms with E-state index in [1.807, 2.05) is 43.3 Å². The molecule has 0 aliphatic carbocycles. The maximum Gasteiger partial charge on any atom is 0.259 e. The van der Waals surface area contributed by atoms with Gasteiger partial charge in [0, 0.05) is 18.3 Å². The number of nitrogens with zero attached hydrogens (tertiary/aromatic N) is 6. The number of benzene rings is 1. The van der Waals surface area contributed by atoms with E-state index >= 15 is 0 Å². The van der Waals surface area contributed by atoms with E-state index in [2.05, 4.69) is 30.5 Å². The number of carbonyl (C=O) groups is 1. The third-order valence-electron chi connectivity index (χ3n) is 5.13. The molecule has 9 heteroatoms. The van der Waals surface area contributed by atoms with Crippen LogP contribution < -0.4 is 5.32 Å². The summed E-state index contributed by atoms with van der Waals surface area (Å²) >= 11 is 0. The van der Waals surface area contributed by atoms with Gasteiger partial charge < -0.3 is 9.84 Å². The van der Waals surface area contributed by atoms with Gasteiger partial charge in [-0.1, -0.05) is 35.0 Å². The molecule has 4 aromatic heterocycles. The van der Waals surface area contributed by atoms with E-state index in [9.17, 15) is 4.79 Å². The highest BCUT2D eigenvalue weighted by molar-refractivity contribution is 6.06. The minimum atomic E-state index is -0.240. The predicted molar refractivity (Wildman–Crippen MR) is 117 cm³/mol. The van der Waals surface area contributed by atoms with E-state index in [1.54, 1.807) is 30.2 Å². The van der Waals surface area contributed by atoms with Gasteiger partial charge in [-0.3, -0.25) is 4.79 Å². The van der Waals surface area contributed by atoms with E-state index in [0.29, 0.717) is 40.4 Å². The number of rotatable bonds is 5. The molecule has 5 aromatic rings.